The summed E-state index contributed by atoms with van der Waals surface area (Å²) in [6, 6.07) is 56.7. The summed E-state index contributed by atoms with van der Waals surface area (Å²) in [7, 11) is 0. The number of anilines is 3. The summed E-state index contributed by atoms with van der Waals surface area (Å²) in [6.07, 6.45) is 5.74. The minimum absolute atomic E-state index is 0.127. The largest absolute Gasteiger partial charge is 0.456 e. The van der Waals surface area contributed by atoms with E-state index in [1.165, 1.54) is 64.4 Å². The predicted octanol–water partition coefficient (Wildman–Crippen LogP) is 13.2. The van der Waals surface area contributed by atoms with E-state index < -0.39 is 0 Å². The number of para-hydroxylation sites is 1. The van der Waals surface area contributed by atoms with Crippen molar-refractivity contribution >= 4 is 49.8 Å². The van der Waals surface area contributed by atoms with E-state index in [-0.39, 0.29) is 5.41 Å². The van der Waals surface area contributed by atoms with Crippen molar-refractivity contribution in [1.82, 2.24) is 0 Å². The zero-order valence-electron chi connectivity index (χ0n) is 28.9. The fraction of sp³-hybridized carbons (Fsp3) is 0.200. The molecule has 2 nitrogen and oxygen atoms in total. The van der Waals surface area contributed by atoms with E-state index in [9.17, 15) is 0 Å². The first-order valence-electron chi connectivity index (χ1n) is 19.3. The van der Waals surface area contributed by atoms with Gasteiger partial charge in [-0.25, -0.2) is 0 Å². The van der Waals surface area contributed by atoms with Crippen LogP contribution in [-0.2, 0) is 5.41 Å². The highest BCUT2D eigenvalue weighted by Crippen LogP contribution is 2.88. The van der Waals surface area contributed by atoms with Crippen LogP contribution in [0.2, 0.25) is 0 Å². The van der Waals surface area contributed by atoms with E-state index in [1.54, 1.807) is 11.1 Å². The van der Waals surface area contributed by atoms with Gasteiger partial charge in [0.15, 0.2) is 0 Å². The van der Waals surface area contributed by atoms with Gasteiger partial charge in [-0.2, -0.15) is 0 Å². The molecule has 0 aliphatic heterocycles. The monoisotopic (exact) mass is 667 g/mol. The van der Waals surface area contributed by atoms with Crippen LogP contribution in [0.15, 0.2) is 156 Å². The molecule has 13 rings (SSSR count). The minimum Gasteiger partial charge on any atom is -0.456 e. The van der Waals surface area contributed by atoms with Crippen molar-refractivity contribution in [2.24, 2.45) is 29.1 Å². The lowest BCUT2D eigenvalue weighted by atomic mass is 9.34. The number of furan rings is 1. The maximum atomic E-state index is 6.46. The van der Waals surface area contributed by atoms with Gasteiger partial charge in [0.25, 0.3) is 0 Å². The average molecular weight is 668 g/mol. The van der Waals surface area contributed by atoms with Crippen LogP contribution in [0.1, 0.15) is 36.8 Å². The molecule has 5 aliphatic carbocycles. The number of fused-ring (bicyclic) bond motifs is 12. The number of nitrogens with zero attached hydrogens (tertiary/aromatic N) is 1. The number of hydrogen-bond acceptors (Lipinski definition) is 2. The van der Waals surface area contributed by atoms with Crippen LogP contribution >= 0.6 is 0 Å². The smallest absolute Gasteiger partial charge is 0.137 e. The van der Waals surface area contributed by atoms with Gasteiger partial charge in [-0.3, -0.25) is 0 Å². The van der Waals surface area contributed by atoms with Gasteiger partial charge in [0.2, 0.25) is 0 Å². The van der Waals surface area contributed by atoms with E-state index in [2.05, 4.69) is 157 Å². The first kappa shape index (κ1) is 28.0. The Bertz CT molecular complexity index is 2810. The van der Waals surface area contributed by atoms with Crippen LogP contribution < -0.4 is 4.90 Å². The summed E-state index contributed by atoms with van der Waals surface area (Å²) in [5.41, 5.74) is 14.8. The van der Waals surface area contributed by atoms with Crippen LogP contribution in [-0.4, -0.2) is 0 Å². The van der Waals surface area contributed by atoms with Crippen molar-refractivity contribution in [2.75, 3.05) is 4.90 Å². The molecule has 248 valence electrons. The zero-order chi connectivity index (χ0) is 33.8. The van der Waals surface area contributed by atoms with E-state index in [0.29, 0.717) is 5.41 Å². The quantitative estimate of drug-likeness (QED) is 0.186. The molecule has 1 heterocycles. The first-order chi connectivity index (χ1) is 25.7. The normalized spacial score (nSPS) is 27.1. The summed E-state index contributed by atoms with van der Waals surface area (Å²) in [4.78, 5) is 2.45. The maximum Gasteiger partial charge on any atom is 0.137 e. The van der Waals surface area contributed by atoms with E-state index in [1.807, 2.05) is 0 Å². The second-order valence-corrected chi connectivity index (χ2v) is 16.5. The minimum atomic E-state index is 0.127. The van der Waals surface area contributed by atoms with E-state index >= 15 is 0 Å². The van der Waals surface area contributed by atoms with Crippen LogP contribution in [0.5, 0.6) is 0 Å². The van der Waals surface area contributed by atoms with Crippen molar-refractivity contribution in [1.29, 1.82) is 0 Å². The Hall–Kier alpha value is -5.60. The second kappa shape index (κ2) is 9.63. The molecule has 0 saturated heterocycles. The third kappa shape index (κ3) is 3.29. The van der Waals surface area contributed by atoms with Crippen molar-refractivity contribution < 1.29 is 4.42 Å². The molecular weight excluding hydrogens is 631 g/mol. The number of hydrogen-bond donors (Lipinski definition) is 0. The summed E-state index contributed by atoms with van der Waals surface area (Å²) in [5.74, 6) is 3.44. The highest BCUT2D eigenvalue weighted by atomic mass is 16.3. The van der Waals surface area contributed by atoms with Crippen molar-refractivity contribution in [2.45, 2.75) is 31.1 Å². The van der Waals surface area contributed by atoms with Crippen molar-refractivity contribution in [3.63, 3.8) is 0 Å². The molecule has 5 aliphatic rings. The fourth-order valence-electron chi connectivity index (χ4n) is 12.8. The highest BCUT2D eigenvalue weighted by molar-refractivity contribution is 6.06. The van der Waals surface area contributed by atoms with Crippen LogP contribution in [0.25, 0.3) is 55.0 Å². The van der Waals surface area contributed by atoms with Gasteiger partial charge in [-0.05, 0) is 147 Å². The molecule has 6 unspecified atom stereocenters. The first-order valence-corrected chi connectivity index (χ1v) is 19.3. The van der Waals surface area contributed by atoms with Crippen LogP contribution in [0.4, 0.5) is 17.1 Å². The van der Waals surface area contributed by atoms with Gasteiger partial charge in [0.1, 0.15) is 11.2 Å². The van der Waals surface area contributed by atoms with Gasteiger partial charge in [-0.1, -0.05) is 97.1 Å². The molecule has 1 aromatic heterocycles. The third-order valence-electron chi connectivity index (χ3n) is 14.8. The fourth-order valence-corrected chi connectivity index (χ4v) is 12.8. The van der Waals surface area contributed by atoms with Crippen molar-refractivity contribution in [3.8, 4) is 22.3 Å². The van der Waals surface area contributed by atoms with Gasteiger partial charge >= 0.3 is 0 Å². The molecule has 8 aromatic rings. The van der Waals surface area contributed by atoms with Gasteiger partial charge in [-0.15, -0.1) is 0 Å². The lowest BCUT2D eigenvalue weighted by molar-refractivity contribution is -0.193. The highest BCUT2D eigenvalue weighted by Gasteiger charge is 2.82. The molecule has 0 radical (unpaired) electrons. The lowest BCUT2D eigenvalue weighted by Gasteiger charge is -2.70. The Labute approximate surface area is 303 Å². The molecule has 0 amide bonds. The topological polar surface area (TPSA) is 16.4 Å². The Kier molecular flexibility index (Phi) is 5.19. The Balaban J connectivity index is 1.03. The number of rotatable bonds is 4. The van der Waals surface area contributed by atoms with Crippen molar-refractivity contribution in [3.05, 3.63) is 163 Å². The Morgan fingerprint density at radius 1 is 0.481 bits per heavy atom. The van der Waals surface area contributed by atoms with Gasteiger partial charge in [0, 0.05) is 39.3 Å². The molecular formula is C50H37NO. The van der Waals surface area contributed by atoms with Crippen LogP contribution in [0.3, 0.4) is 0 Å². The molecule has 52 heavy (non-hydrogen) atoms. The molecule has 4 saturated carbocycles. The molecule has 2 heteroatoms. The molecule has 7 aromatic carbocycles. The predicted molar refractivity (Wildman–Crippen MR) is 212 cm³/mol. The Morgan fingerprint density at radius 2 is 1.21 bits per heavy atom. The molecule has 4 fully saturated rings. The molecule has 6 atom stereocenters. The zero-order valence-corrected chi connectivity index (χ0v) is 28.9. The van der Waals surface area contributed by atoms with Gasteiger partial charge < -0.3 is 9.32 Å². The lowest BCUT2D eigenvalue weighted by Crippen LogP contribution is -2.65. The van der Waals surface area contributed by atoms with E-state index in [0.717, 1.165) is 57.0 Å². The SMILES string of the molecule is c1ccc(-c2ccc3c(c2)C2(c4ccc(N(c5ccc6ccccc6c5)c5ccc6c(c5)oc5ccccc56)cc4-3)C3CC4CC5CC2C45C3)cc1. The molecule has 0 N–H and O–H groups in total. The second-order valence-electron chi connectivity index (χ2n) is 16.5. The molecule has 2 spiro atoms. The summed E-state index contributed by atoms with van der Waals surface area (Å²) >= 11 is 0. The summed E-state index contributed by atoms with van der Waals surface area (Å²) < 4.78 is 6.46. The summed E-state index contributed by atoms with van der Waals surface area (Å²) in [5, 5.41) is 4.81. The number of benzene rings is 7. The maximum absolute atomic E-state index is 6.46. The van der Waals surface area contributed by atoms with E-state index in [4.69, 9.17) is 4.42 Å². The molecule has 2 bridgehead atoms. The average Bonchev–Trinajstić information content (AvgIpc) is 3.90. The summed E-state index contributed by atoms with van der Waals surface area (Å²) in [6.45, 7) is 0. The van der Waals surface area contributed by atoms with Gasteiger partial charge in [0.05, 0.1) is 0 Å². The van der Waals surface area contributed by atoms with Crippen LogP contribution in [0, 0.1) is 29.1 Å². The Morgan fingerprint density at radius 3 is 2.12 bits per heavy atom. The third-order valence-corrected chi connectivity index (χ3v) is 14.8. The standard InChI is InChI=1S/C50H37NO/c1-2-8-30(9-3-1)33-15-19-40-43-27-38(18-21-44(43)50(45(40)23-33)36-25-34-24-35-26-48(50)49(34,35)29-36)51(37-16-14-31-10-4-5-11-32(31)22-37)39-17-20-42-41-12-6-7-13-46(41)52-47(42)28-39/h1-23,27-28,34-36,48H,24-26,29H2.